The number of rotatable bonds is 2. The van der Waals surface area contributed by atoms with E-state index in [1.165, 1.54) is 51.6 Å². The largest absolute Gasteiger partial charge is 0.297 e. The molecular weight excluding hydrogens is 266 g/mol. The lowest BCUT2D eigenvalue weighted by Gasteiger charge is -2.57. The van der Waals surface area contributed by atoms with Gasteiger partial charge in [-0.2, -0.15) is 0 Å². The first-order valence-electron chi connectivity index (χ1n) is 7.97. The molecule has 1 nitrogen and oxygen atoms in total. The maximum absolute atomic E-state index is 5.75. The molecule has 1 heterocycles. The van der Waals surface area contributed by atoms with Gasteiger partial charge in [-0.05, 0) is 56.0 Å². The number of hydrogen-bond acceptors (Lipinski definition) is 1. The summed E-state index contributed by atoms with van der Waals surface area (Å²) in [6.07, 6.45) is 14.7. The fraction of sp³-hybridized carbons (Fsp3) is 0.889. The van der Waals surface area contributed by atoms with E-state index < -0.39 is 0 Å². The smallest absolute Gasteiger partial charge is 0.0328 e. The van der Waals surface area contributed by atoms with Gasteiger partial charge in [0.25, 0.3) is 0 Å². The Morgan fingerprint density at radius 2 is 1.40 bits per heavy atom. The van der Waals surface area contributed by atoms with Gasteiger partial charge in [-0.3, -0.25) is 4.90 Å². The van der Waals surface area contributed by atoms with Crippen molar-refractivity contribution in [3.05, 3.63) is 0 Å². The summed E-state index contributed by atoms with van der Waals surface area (Å²) >= 11 is 0. The molecule has 0 unspecified atom stereocenters. The summed E-state index contributed by atoms with van der Waals surface area (Å²) < 4.78 is 0. The molecule has 2 rings (SSSR count). The third-order valence-electron chi connectivity index (χ3n) is 5.03. The van der Waals surface area contributed by atoms with Crippen molar-refractivity contribution in [1.29, 1.82) is 0 Å². The van der Waals surface area contributed by atoms with Gasteiger partial charge in [0.1, 0.15) is 0 Å². The van der Waals surface area contributed by atoms with Crippen LogP contribution in [0.1, 0.15) is 72.6 Å². The molecule has 0 aromatic carbocycles. The van der Waals surface area contributed by atoms with Gasteiger partial charge in [0.15, 0.2) is 0 Å². The van der Waals surface area contributed by atoms with E-state index in [9.17, 15) is 0 Å². The minimum Gasteiger partial charge on any atom is -0.297 e. The quantitative estimate of drug-likeness (QED) is 0.656. The van der Waals surface area contributed by atoms with Crippen LogP contribution in [0.3, 0.4) is 0 Å². The molecule has 1 saturated heterocycles. The molecule has 1 aliphatic carbocycles. The lowest BCUT2D eigenvalue weighted by molar-refractivity contribution is -0.0533. The van der Waals surface area contributed by atoms with Crippen LogP contribution >= 0.6 is 12.4 Å². The molecule has 2 fully saturated rings. The number of likely N-dealkylation sites (tertiary alicyclic amines) is 1. The van der Waals surface area contributed by atoms with E-state index in [0.29, 0.717) is 10.8 Å². The fourth-order valence-corrected chi connectivity index (χ4v) is 5.28. The highest BCUT2D eigenvalue weighted by atomic mass is 35.5. The molecule has 0 aromatic heterocycles. The molecule has 1 aliphatic heterocycles. The van der Waals surface area contributed by atoms with E-state index >= 15 is 0 Å². The fourth-order valence-electron chi connectivity index (χ4n) is 5.28. The SMILES string of the molecule is C#CCC1(N2CCCCC2)CC(C)(C)CC(C)(C)C1.Cl. The number of terminal acetylenes is 1. The molecule has 0 atom stereocenters. The van der Waals surface area contributed by atoms with E-state index in [1.54, 1.807) is 0 Å². The average molecular weight is 298 g/mol. The second kappa shape index (κ2) is 6.29. The van der Waals surface area contributed by atoms with Gasteiger partial charge < -0.3 is 0 Å². The minimum absolute atomic E-state index is 0. The topological polar surface area (TPSA) is 3.24 Å². The highest BCUT2D eigenvalue weighted by Crippen LogP contribution is 2.53. The molecule has 0 spiro atoms. The van der Waals surface area contributed by atoms with Gasteiger partial charge in [0.05, 0.1) is 0 Å². The number of piperidine rings is 1. The van der Waals surface area contributed by atoms with Crippen LogP contribution in [0.5, 0.6) is 0 Å². The Morgan fingerprint density at radius 1 is 0.900 bits per heavy atom. The summed E-state index contributed by atoms with van der Waals surface area (Å²) in [5, 5.41) is 0. The van der Waals surface area contributed by atoms with E-state index in [4.69, 9.17) is 6.42 Å². The monoisotopic (exact) mass is 297 g/mol. The van der Waals surface area contributed by atoms with Crippen LogP contribution in [0.25, 0.3) is 0 Å². The Kier molecular flexibility index (Phi) is 5.61. The number of halogens is 1. The zero-order valence-electron chi connectivity index (χ0n) is 13.8. The average Bonchev–Trinajstić information content (AvgIpc) is 2.26. The molecule has 0 radical (unpaired) electrons. The van der Waals surface area contributed by atoms with Gasteiger partial charge >= 0.3 is 0 Å². The highest BCUT2D eigenvalue weighted by molar-refractivity contribution is 5.85. The first-order valence-corrected chi connectivity index (χ1v) is 7.97. The molecule has 0 amide bonds. The van der Waals surface area contributed by atoms with Crippen molar-refractivity contribution >= 4 is 12.4 Å². The summed E-state index contributed by atoms with van der Waals surface area (Å²) in [5.74, 6) is 3.01. The summed E-state index contributed by atoms with van der Waals surface area (Å²) in [5.41, 5.74) is 1.09. The predicted molar refractivity (Wildman–Crippen MR) is 90.3 cm³/mol. The van der Waals surface area contributed by atoms with E-state index in [-0.39, 0.29) is 17.9 Å². The summed E-state index contributed by atoms with van der Waals surface area (Å²) in [6.45, 7) is 12.3. The predicted octanol–water partition coefficient (Wildman–Crippen LogP) is 4.89. The second-order valence-corrected chi connectivity index (χ2v) is 8.51. The van der Waals surface area contributed by atoms with Gasteiger partial charge in [-0.15, -0.1) is 24.8 Å². The van der Waals surface area contributed by atoms with Gasteiger partial charge in [0.2, 0.25) is 0 Å². The minimum atomic E-state index is 0. The Labute approximate surface area is 132 Å². The van der Waals surface area contributed by atoms with Crippen LogP contribution in [0.2, 0.25) is 0 Å². The van der Waals surface area contributed by atoms with Crippen LogP contribution in [-0.4, -0.2) is 23.5 Å². The molecule has 2 heteroatoms. The molecule has 2 aliphatic rings. The maximum Gasteiger partial charge on any atom is 0.0328 e. The highest BCUT2D eigenvalue weighted by Gasteiger charge is 2.49. The number of hydrogen-bond donors (Lipinski definition) is 0. The first-order chi connectivity index (χ1) is 8.79. The van der Waals surface area contributed by atoms with Crippen molar-refractivity contribution < 1.29 is 0 Å². The third-order valence-corrected chi connectivity index (χ3v) is 5.03. The van der Waals surface area contributed by atoms with Crippen molar-refractivity contribution in [2.45, 2.75) is 78.2 Å². The summed E-state index contributed by atoms with van der Waals surface area (Å²) in [6, 6.07) is 0. The van der Waals surface area contributed by atoms with E-state index in [2.05, 4.69) is 38.5 Å². The van der Waals surface area contributed by atoms with Gasteiger partial charge in [-0.1, -0.05) is 34.1 Å². The third kappa shape index (κ3) is 3.92. The van der Waals surface area contributed by atoms with Crippen LogP contribution in [0.15, 0.2) is 0 Å². The van der Waals surface area contributed by atoms with Crippen molar-refractivity contribution in [2.24, 2.45) is 10.8 Å². The zero-order chi connectivity index (χ0) is 14.1. The molecule has 0 aromatic rings. The zero-order valence-corrected chi connectivity index (χ0v) is 14.6. The lowest BCUT2D eigenvalue weighted by Crippen LogP contribution is -2.58. The number of nitrogens with zero attached hydrogens (tertiary/aromatic N) is 1. The normalized spacial score (nSPS) is 28.1. The Hall–Kier alpha value is -0.190. The molecule has 0 N–H and O–H groups in total. The van der Waals surface area contributed by atoms with E-state index in [0.717, 1.165) is 6.42 Å². The van der Waals surface area contributed by atoms with Crippen LogP contribution in [-0.2, 0) is 0 Å². The van der Waals surface area contributed by atoms with Gasteiger partial charge in [0, 0.05) is 12.0 Å². The molecule has 1 saturated carbocycles. The van der Waals surface area contributed by atoms with E-state index in [1.807, 2.05) is 0 Å². The van der Waals surface area contributed by atoms with Gasteiger partial charge in [-0.25, -0.2) is 0 Å². The lowest BCUT2D eigenvalue weighted by atomic mass is 9.57. The van der Waals surface area contributed by atoms with Crippen molar-refractivity contribution in [2.75, 3.05) is 13.1 Å². The maximum atomic E-state index is 5.75. The van der Waals surface area contributed by atoms with Crippen molar-refractivity contribution in [3.8, 4) is 12.3 Å². The molecule has 20 heavy (non-hydrogen) atoms. The molecule has 0 bridgehead atoms. The molecule has 116 valence electrons. The van der Waals surface area contributed by atoms with Crippen molar-refractivity contribution in [1.82, 2.24) is 4.90 Å². The standard InChI is InChI=1S/C18H31N.ClH/c1-6-10-18(19-11-8-7-9-12-19)14-16(2,3)13-17(4,5)15-18;/h1H,7-15H2,2-5H3;1H. The molecular formula is C18H32ClN. The summed E-state index contributed by atoms with van der Waals surface area (Å²) in [4.78, 5) is 2.75. The van der Waals surface area contributed by atoms with Crippen LogP contribution in [0.4, 0.5) is 0 Å². The Bertz CT molecular complexity index is 342. The summed E-state index contributed by atoms with van der Waals surface area (Å²) in [7, 11) is 0. The second-order valence-electron chi connectivity index (χ2n) is 8.51. The van der Waals surface area contributed by atoms with Crippen LogP contribution in [0, 0.1) is 23.2 Å². The Balaban J connectivity index is 0.00000200. The Morgan fingerprint density at radius 3 is 1.85 bits per heavy atom. The van der Waals surface area contributed by atoms with Crippen molar-refractivity contribution in [3.63, 3.8) is 0 Å². The van der Waals surface area contributed by atoms with Crippen LogP contribution < -0.4 is 0 Å². The first kappa shape index (κ1) is 17.9.